The molecule has 0 spiro atoms. The predicted molar refractivity (Wildman–Crippen MR) is 138 cm³/mol. The van der Waals surface area contributed by atoms with Gasteiger partial charge in [-0.15, -0.1) is 0 Å². The Labute approximate surface area is 208 Å². The molecule has 1 aromatic heterocycles. The van der Waals surface area contributed by atoms with Crippen LogP contribution in [0.2, 0.25) is 0 Å². The van der Waals surface area contributed by atoms with E-state index in [-0.39, 0.29) is 5.56 Å². The molecule has 4 aromatic rings. The van der Waals surface area contributed by atoms with Crippen molar-refractivity contribution in [1.29, 1.82) is 0 Å². The number of methoxy groups -OCH3 is 1. The second-order valence-electron chi connectivity index (χ2n) is 8.70. The maximum Gasteiger partial charge on any atom is 0.217 e. The lowest BCUT2D eigenvalue weighted by molar-refractivity contribution is 0.000643. The van der Waals surface area contributed by atoms with Crippen molar-refractivity contribution in [2.24, 2.45) is 0 Å². The van der Waals surface area contributed by atoms with Crippen LogP contribution < -0.4 is 4.74 Å². The minimum Gasteiger partial charge on any atom is -0.481 e. The van der Waals surface area contributed by atoms with Crippen LogP contribution in [0.15, 0.2) is 83.3 Å². The number of pyridine rings is 1. The van der Waals surface area contributed by atoms with Crippen molar-refractivity contribution in [2.45, 2.75) is 17.9 Å². The zero-order chi connectivity index (χ0) is 24.3. The summed E-state index contributed by atoms with van der Waals surface area (Å²) in [5.74, 6) is -0.676. The third-order valence-corrected chi connectivity index (χ3v) is 6.82. The highest BCUT2D eigenvalue weighted by Gasteiger charge is 2.43. The highest BCUT2D eigenvalue weighted by Crippen LogP contribution is 2.48. The third-order valence-electron chi connectivity index (χ3n) is 6.18. The second-order valence-corrected chi connectivity index (χ2v) is 9.55. The molecule has 0 aliphatic rings. The molecule has 6 heteroatoms. The molecule has 4 nitrogen and oxygen atoms in total. The van der Waals surface area contributed by atoms with Gasteiger partial charge in [-0.05, 0) is 60.2 Å². The molecular weight excluding hydrogens is 495 g/mol. The van der Waals surface area contributed by atoms with Crippen molar-refractivity contribution in [3.63, 3.8) is 0 Å². The number of aliphatic hydroxyl groups is 1. The van der Waals surface area contributed by atoms with Gasteiger partial charge in [0.25, 0.3) is 0 Å². The van der Waals surface area contributed by atoms with Gasteiger partial charge < -0.3 is 14.7 Å². The average Bonchev–Trinajstić information content (AvgIpc) is 2.84. The largest absolute Gasteiger partial charge is 0.481 e. The molecular formula is C28H28BrFN2O2. The van der Waals surface area contributed by atoms with E-state index in [4.69, 9.17) is 9.72 Å². The van der Waals surface area contributed by atoms with Crippen molar-refractivity contribution >= 4 is 26.8 Å². The number of benzene rings is 3. The molecule has 0 fully saturated rings. The van der Waals surface area contributed by atoms with Crippen molar-refractivity contribution < 1.29 is 14.2 Å². The Hall–Kier alpha value is -2.80. The molecule has 0 amide bonds. The molecule has 2 unspecified atom stereocenters. The number of ether oxygens (including phenoxy) is 1. The number of hydrogen-bond acceptors (Lipinski definition) is 4. The monoisotopic (exact) mass is 522 g/mol. The van der Waals surface area contributed by atoms with E-state index < -0.39 is 17.3 Å². The predicted octanol–water partition coefficient (Wildman–Crippen LogP) is 6.12. The van der Waals surface area contributed by atoms with Gasteiger partial charge in [0.15, 0.2) is 0 Å². The first-order chi connectivity index (χ1) is 16.3. The average molecular weight is 523 g/mol. The number of hydrogen-bond donors (Lipinski definition) is 1. The van der Waals surface area contributed by atoms with Crippen LogP contribution in [0.5, 0.6) is 5.88 Å². The normalized spacial score (nSPS) is 14.2. The first-order valence-electron chi connectivity index (χ1n) is 11.2. The van der Waals surface area contributed by atoms with E-state index in [1.54, 1.807) is 25.3 Å². The molecule has 1 N–H and O–H groups in total. The van der Waals surface area contributed by atoms with Crippen LogP contribution in [0.25, 0.3) is 10.9 Å². The summed E-state index contributed by atoms with van der Waals surface area (Å²) in [7, 11) is 5.45. The highest BCUT2D eigenvalue weighted by atomic mass is 79.9. The van der Waals surface area contributed by atoms with Crippen LogP contribution in [-0.4, -0.2) is 42.7 Å². The van der Waals surface area contributed by atoms with Gasteiger partial charge in [0.1, 0.15) is 11.4 Å². The van der Waals surface area contributed by atoms with Gasteiger partial charge in [0.2, 0.25) is 5.88 Å². The van der Waals surface area contributed by atoms with E-state index in [1.807, 2.05) is 73.6 Å². The van der Waals surface area contributed by atoms with Crippen LogP contribution in [0.4, 0.5) is 4.39 Å². The first kappa shape index (κ1) is 24.3. The van der Waals surface area contributed by atoms with Gasteiger partial charge in [-0.25, -0.2) is 9.37 Å². The van der Waals surface area contributed by atoms with Gasteiger partial charge >= 0.3 is 0 Å². The number of fused-ring (bicyclic) bond motifs is 1. The standard InChI is InChI=1S/C28H28BrFN2O2/c1-32(2)17-16-28(33,22-13-7-8-15-24(22)30)25(19-10-5-4-6-11-19)21-18-20-12-9-14-23(29)26(20)31-27(21)34-3/h4-15,18,25,33H,16-17H2,1-3H3. The van der Waals surface area contributed by atoms with Gasteiger partial charge in [0.05, 0.1) is 12.6 Å². The lowest BCUT2D eigenvalue weighted by Gasteiger charge is -2.39. The summed E-state index contributed by atoms with van der Waals surface area (Å²) in [4.78, 5) is 6.77. The summed E-state index contributed by atoms with van der Waals surface area (Å²) in [5.41, 5.74) is 0.996. The Kier molecular flexibility index (Phi) is 7.31. The number of aromatic nitrogens is 1. The molecule has 0 aliphatic heterocycles. The minimum atomic E-state index is -1.56. The van der Waals surface area contributed by atoms with Gasteiger partial charge in [0, 0.05) is 33.4 Å². The molecule has 3 aromatic carbocycles. The molecule has 0 aliphatic carbocycles. The van der Waals surface area contributed by atoms with Crippen molar-refractivity contribution in [3.05, 3.63) is 106 Å². The maximum absolute atomic E-state index is 15.3. The summed E-state index contributed by atoms with van der Waals surface area (Å²) < 4.78 is 21.9. The summed E-state index contributed by atoms with van der Waals surface area (Å²) in [6.07, 6.45) is 0.306. The fourth-order valence-corrected chi connectivity index (χ4v) is 5.00. The zero-order valence-corrected chi connectivity index (χ0v) is 21.1. The summed E-state index contributed by atoms with van der Waals surface area (Å²) >= 11 is 3.57. The molecule has 0 radical (unpaired) electrons. The quantitative estimate of drug-likeness (QED) is 0.303. The van der Waals surface area contributed by atoms with E-state index in [1.165, 1.54) is 6.07 Å². The fourth-order valence-electron chi connectivity index (χ4n) is 4.53. The Balaban J connectivity index is 2.04. The van der Waals surface area contributed by atoms with Gasteiger partial charge in [-0.1, -0.05) is 60.7 Å². The van der Waals surface area contributed by atoms with Crippen LogP contribution >= 0.6 is 15.9 Å². The summed E-state index contributed by atoms with van der Waals surface area (Å²) in [6, 6.07) is 24.0. The third kappa shape index (κ3) is 4.71. The number of nitrogens with zero attached hydrogens (tertiary/aromatic N) is 2. The molecule has 1 heterocycles. The van der Waals surface area contributed by atoms with Crippen LogP contribution in [0.1, 0.15) is 29.0 Å². The van der Waals surface area contributed by atoms with E-state index >= 15 is 4.39 Å². The van der Waals surface area contributed by atoms with Crippen LogP contribution in [0.3, 0.4) is 0 Å². The van der Waals surface area contributed by atoms with E-state index in [9.17, 15) is 5.11 Å². The fraction of sp³-hybridized carbons (Fsp3) is 0.250. The molecule has 0 bridgehead atoms. The van der Waals surface area contributed by atoms with E-state index in [0.29, 0.717) is 24.4 Å². The van der Waals surface area contributed by atoms with E-state index in [2.05, 4.69) is 15.9 Å². The van der Waals surface area contributed by atoms with E-state index in [0.717, 1.165) is 20.9 Å². The number of para-hydroxylation sites is 1. The highest BCUT2D eigenvalue weighted by molar-refractivity contribution is 9.10. The number of halogens is 2. The van der Waals surface area contributed by atoms with Gasteiger partial charge in [-0.3, -0.25) is 0 Å². The zero-order valence-electron chi connectivity index (χ0n) is 19.5. The summed E-state index contributed by atoms with van der Waals surface area (Å²) in [6.45, 7) is 0.559. The Morgan fingerprint density at radius 2 is 1.74 bits per heavy atom. The van der Waals surface area contributed by atoms with Crippen molar-refractivity contribution in [3.8, 4) is 5.88 Å². The molecule has 4 rings (SSSR count). The van der Waals surface area contributed by atoms with Crippen molar-refractivity contribution in [2.75, 3.05) is 27.7 Å². The smallest absolute Gasteiger partial charge is 0.217 e. The Morgan fingerprint density at radius 1 is 1.03 bits per heavy atom. The molecule has 0 saturated carbocycles. The SMILES string of the molecule is COc1nc2c(Br)cccc2cc1C(c1ccccc1)C(O)(CCN(C)C)c1ccccc1F. The second kappa shape index (κ2) is 10.2. The lowest BCUT2D eigenvalue weighted by atomic mass is 9.71. The Morgan fingerprint density at radius 3 is 2.41 bits per heavy atom. The molecule has 34 heavy (non-hydrogen) atoms. The van der Waals surface area contributed by atoms with Gasteiger partial charge in [-0.2, -0.15) is 0 Å². The minimum absolute atomic E-state index is 0.252. The molecule has 0 saturated heterocycles. The summed E-state index contributed by atoms with van der Waals surface area (Å²) in [5, 5.41) is 13.4. The molecule has 176 valence electrons. The first-order valence-corrected chi connectivity index (χ1v) is 11.9. The van der Waals surface area contributed by atoms with Crippen LogP contribution in [-0.2, 0) is 5.60 Å². The maximum atomic E-state index is 15.3. The lowest BCUT2D eigenvalue weighted by Crippen LogP contribution is -2.38. The van der Waals surface area contributed by atoms with Crippen molar-refractivity contribution in [1.82, 2.24) is 9.88 Å². The molecule has 2 atom stereocenters. The van der Waals surface area contributed by atoms with Crippen LogP contribution in [0, 0.1) is 5.82 Å². The Bertz CT molecular complexity index is 1280. The number of rotatable bonds is 8. The topological polar surface area (TPSA) is 45.6 Å².